The van der Waals surface area contributed by atoms with Crippen LogP contribution in [0.1, 0.15) is 62.7 Å². The Morgan fingerprint density at radius 1 is 1.21 bits per heavy atom. The van der Waals surface area contributed by atoms with E-state index in [4.69, 9.17) is 24.7 Å². The van der Waals surface area contributed by atoms with E-state index in [9.17, 15) is 1.37 Å². The molecule has 4 aromatic rings. The molecule has 0 amide bonds. The molecule has 1 unspecified atom stereocenters. The van der Waals surface area contributed by atoms with Crippen LogP contribution in [0.2, 0.25) is 0 Å². The monoisotopic (exact) mass is 394 g/mol. The Hall–Kier alpha value is -3.12. The number of fused-ring (bicyclic) bond motifs is 3. The molecule has 0 saturated carbocycles. The fraction of sp³-hybridized carbons (Fsp3) is 0.308. The van der Waals surface area contributed by atoms with Gasteiger partial charge in [0, 0.05) is 43.0 Å². The molecule has 0 fully saturated rings. The maximum Gasteiger partial charge on any atom is 0.216 e. The Kier molecular flexibility index (Phi) is 2.34. The summed E-state index contributed by atoms with van der Waals surface area (Å²) in [5.41, 5.74) is 0.543. The number of pyridine rings is 1. The molecule has 3 nitrogen and oxygen atoms in total. The number of aryl methyl sites for hydroxylation is 2. The third-order valence-electron chi connectivity index (χ3n) is 5.42. The van der Waals surface area contributed by atoms with Gasteiger partial charge in [-0.25, -0.2) is 4.85 Å². The van der Waals surface area contributed by atoms with Gasteiger partial charge in [0.05, 0.1) is 13.5 Å². The highest BCUT2D eigenvalue weighted by atomic mass is 16.3. The van der Waals surface area contributed by atoms with E-state index in [1.807, 2.05) is 0 Å². The first-order chi connectivity index (χ1) is 18.2. The molecule has 0 bridgehead atoms. The zero-order chi connectivity index (χ0) is 30.3. The maximum absolute atomic E-state index is 9.18. The van der Waals surface area contributed by atoms with Crippen LogP contribution in [0.15, 0.2) is 34.7 Å². The molecular formula is C26H27N2O+. The lowest BCUT2D eigenvalue weighted by Crippen LogP contribution is -2.36. The van der Waals surface area contributed by atoms with Crippen molar-refractivity contribution in [2.24, 2.45) is 7.05 Å². The first kappa shape index (κ1) is 10.1. The summed E-state index contributed by atoms with van der Waals surface area (Å²) in [6.45, 7) is 3.39. The van der Waals surface area contributed by atoms with Crippen molar-refractivity contribution in [3.8, 4) is 11.3 Å². The molecule has 3 heteroatoms. The van der Waals surface area contributed by atoms with Crippen molar-refractivity contribution >= 4 is 27.6 Å². The summed E-state index contributed by atoms with van der Waals surface area (Å²) in [4.78, 5) is 3.39. The number of rotatable bonds is 2. The fourth-order valence-corrected chi connectivity index (χ4v) is 3.70. The highest BCUT2D eigenvalue weighted by molar-refractivity contribution is 6.12. The molecular weight excluding hydrogens is 356 g/mol. The van der Waals surface area contributed by atoms with E-state index in [1.165, 1.54) is 23.6 Å². The van der Waals surface area contributed by atoms with Crippen molar-refractivity contribution in [2.75, 3.05) is 0 Å². The molecule has 0 saturated heterocycles. The lowest BCUT2D eigenvalue weighted by molar-refractivity contribution is -0.667. The van der Waals surface area contributed by atoms with E-state index in [0.29, 0.717) is 16.5 Å². The average molecular weight is 395 g/mol. The maximum atomic E-state index is 9.18. The molecule has 146 valence electrons. The Balaban J connectivity index is 2.28. The lowest BCUT2D eigenvalue weighted by atomic mass is 9.92. The van der Waals surface area contributed by atoms with Crippen LogP contribution in [0, 0.1) is 34.1 Å². The van der Waals surface area contributed by atoms with Crippen LogP contribution < -0.4 is 4.57 Å². The predicted molar refractivity (Wildman–Crippen MR) is 120 cm³/mol. The zero-order valence-corrected chi connectivity index (χ0v) is 16.6. The van der Waals surface area contributed by atoms with Gasteiger partial charge >= 0.3 is 0 Å². The van der Waals surface area contributed by atoms with Gasteiger partial charge < -0.3 is 4.42 Å². The van der Waals surface area contributed by atoms with Gasteiger partial charge in [0.25, 0.3) is 0 Å². The topological polar surface area (TPSA) is 21.4 Å². The van der Waals surface area contributed by atoms with Gasteiger partial charge in [0.1, 0.15) is 18.2 Å². The zero-order valence-electron chi connectivity index (χ0n) is 27.6. The van der Waals surface area contributed by atoms with Crippen LogP contribution in [0.5, 0.6) is 0 Å². The Morgan fingerprint density at radius 3 is 2.69 bits per heavy atom. The highest BCUT2D eigenvalue weighted by Gasteiger charge is 2.25. The van der Waals surface area contributed by atoms with Crippen molar-refractivity contribution < 1.29 is 24.1 Å². The van der Waals surface area contributed by atoms with E-state index in [0.717, 1.165) is 6.92 Å². The second-order valence-electron chi connectivity index (χ2n) is 7.17. The number of hydrogen-bond acceptors (Lipinski definition) is 1. The minimum absolute atomic E-state index is 0.0492. The summed E-state index contributed by atoms with van der Waals surface area (Å²) in [5.74, 6) is -2.45. The Labute approximate surface area is 187 Å². The van der Waals surface area contributed by atoms with Gasteiger partial charge in [-0.3, -0.25) is 0 Å². The van der Waals surface area contributed by atoms with Crippen LogP contribution in [0.25, 0.3) is 38.0 Å². The molecule has 0 aliphatic heterocycles. The van der Waals surface area contributed by atoms with Crippen molar-refractivity contribution in [2.45, 2.75) is 47.2 Å². The number of benzene rings is 2. The van der Waals surface area contributed by atoms with Gasteiger partial charge in [-0.1, -0.05) is 32.0 Å². The molecule has 0 radical (unpaired) electrons. The quantitative estimate of drug-likeness (QED) is 0.265. The van der Waals surface area contributed by atoms with E-state index in [1.54, 1.807) is 26.1 Å². The molecule has 0 N–H and O–H groups in total. The highest BCUT2D eigenvalue weighted by Crippen LogP contribution is 2.41. The molecule has 1 atom stereocenters. The molecule has 2 aromatic carbocycles. The van der Waals surface area contributed by atoms with Crippen LogP contribution in [-0.4, -0.2) is 0 Å². The molecule has 2 aromatic heterocycles. The summed E-state index contributed by atoms with van der Waals surface area (Å²) < 4.78 is 98.4. The van der Waals surface area contributed by atoms with Crippen LogP contribution >= 0.6 is 0 Å². The summed E-state index contributed by atoms with van der Waals surface area (Å²) in [6.07, 6.45) is 0. The lowest BCUT2D eigenvalue weighted by Gasteiger charge is -2.14. The Morgan fingerprint density at radius 2 is 2.00 bits per heavy atom. The third-order valence-corrected chi connectivity index (χ3v) is 5.42. The third kappa shape index (κ3) is 2.75. The average Bonchev–Trinajstić information content (AvgIpc) is 3.17. The number of furan rings is 1. The second-order valence-corrected chi connectivity index (χ2v) is 7.17. The number of aromatic nitrogens is 1. The molecule has 4 rings (SSSR count). The van der Waals surface area contributed by atoms with E-state index in [-0.39, 0.29) is 44.8 Å². The second kappa shape index (κ2) is 6.74. The van der Waals surface area contributed by atoms with E-state index < -0.39 is 38.1 Å². The van der Waals surface area contributed by atoms with E-state index >= 15 is 0 Å². The normalized spacial score (nSPS) is 20.4. The van der Waals surface area contributed by atoms with Crippen LogP contribution in [-0.2, 0) is 7.05 Å². The first-order valence-corrected chi connectivity index (χ1v) is 9.07. The Bertz CT molecular complexity index is 1730. The van der Waals surface area contributed by atoms with Gasteiger partial charge in [0.2, 0.25) is 5.69 Å². The summed E-state index contributed by atoms with van der Waals surface area (Å²) in [6, 6.07) is 5.77. The summed E-state index contributed by atoms with van der Waals surface area (Å²) >= 11 is 0. The fourth-order valence-electron chi connectivity index (χ4n) is 3.70. The molecule has 0 aliphatic carbocycles. The first-order valence-electron chi connectivity index (χ1n) is 14.6. The standard InChI is InChI=1S/C26H27N2O/c1-14(2)20-13-22(28(8)18(6)16(20)4)24-15(3)9-10-19-25-17(5)21(27-7)11-12-23(25)29-26(19)24/h9-14H,1-6,8H3/q+1/i1D3,4D3,5D3,13D,14D. The summed E-state index contributed by atoms with van der Waals surface area (Å²) in [7, 11) is 1.55. The van der Waals surface area contributed by atoms with Crippen molar-refractivity contribution in [1.82, 2.24) is 0 Å². The molecule has 0 aliphatic rings. The van der Waals surface area contributed by atoms with Crippen molar-refractivity contribution in [3.63, 3.8) is 0 Å². The predicted octanol–water partition coefficient (Wildman–Crippen LogP) is 6.99. The number of nitrogens with zero attached hydrogens (tertiary/aromatic N) is 2. The van der Waals surface area contributed by atoms with Crippen LogP contribution in [0.3, 0.4) is 0 Å². The van der Waals surface area contributed by atoms with Gasteiger partial charge in [-0.05, 0) is 49.3 Å². The largest absolute Gasteiger partial charge is 0.455 e. The van der Waals surface area contributed by atoms with Crippen molar-refractivity contribution in [3.05, 3.63) is 69.7 Å². The minimum atomic E-state index is -2.96. The molecule has 2 heterocycles. The molecule has 29 heavy (non-hydrogen) atoms. The van der Waals surface area contributed by atoms with Gasteiger partial charge in [0.15, 0.2) is 11.4 Å². The summed E-state index contributed by atoms with van der Waals surface area (Å²) in [5, 5.41) is 0.595. The SMILES string of the molecule is [2H]c1c(C([2H])(C)C([2H])([2H])[2H])c(C([2H])([2H])[2H])c(C)[n+](C)c1-c1c(C)ccc2c1oc1ccc([N+]#[C-])c(C([2H])([2H])[2H])c12. The van der Waals surface area contributed by atoms with Gasteiger partial charge in [-0.2, -0.15) is 4.57 Å². The van der Waals surface area contributed by atoms with Crippen LogP contribution in [0.4, 0.5) is 5.69 Å². The van der Waals surface area contributed by atoms with Crippen molar-refractivity contribution in [1.29, 1.82) is 0 Å². The minimum Gasteiger partial charge on any atom is -0.455 e. The van der Waals surface area contributed by atoms with E-state index in [2.05, 4.69) is 4.85 Å². The van der Waals surface area contributed by atoms with Gasteiger partial charge in [-0.15, -0.1) is 0 Å². The smallest absolute Gasteiger partial charge is 0.216 e. The number of hydrogen-bond donors (Lipinski definition) is 0. The molecule has 0 spiro atoms.